The van der Waals surface area contributed by atoms with Crippen LogP contribution in [0.15, 0.2) is 18.3 Å². The number of aryl methyl sites for hydroxylation is 1. The van der Waals surface area contributed by atoms with Crippen molar-refractivity contribution in [2.24, 2.45) is 0 Å². The number of carbonyl (C=O) groups is 1. The van der Waals surface area contributed by atoms with Crippen molar-refractivity contribution >= 4 is 23.3 Å². The summed E-state index contributed by atoms with van der Waals surface area (Å²) in [4.78, 5) is 16.6. The fraction of sp³-hybridized carbons (Fsp3) is 0.400. The van der Waals surface area contributed by atoms with E-state index in [-0.39, 0.29) is 11.3 Å². The van der Waals surface area contributed by atoms with Crippen molar-refractivity contribution in [1.82, 2.24) is 15.2 Å². The zero-order chi connectivity index (χ0) is 15.6. The van der Waals surface area contributed by atoms with Crippen LogP contribution in [0.2, 0.25) is 5.15 Å². The fourth-order valence-corrected chi connectivity index (χ4v) is 2.09. The first-order chi connectivity index (χ1) is 9.81. The van der Waals surface area contributed by atoms with E-state index in [4.69, 9.17) is 11.6 Å². The standard InChI is InChI=1S/C15H19ClN4O/c1-5-9-8-17-20-13(9)19-14(21)10-6-11(15(2,3)4)18-12(16)7-10/h6-8H,5H2,1-4H3,(H2,17,19,20,21). The number of carbonyl (C=O) groups excluding carboxylic acids is 1. The second kappa shape index (κ2) is 5.85. The Hall–Kier alpha value is -1.88. The molecule has 5 nitrogen and oxygen atoms in total. The summed E-state index contributed by atoms with van der Waals surface area (Å²) < 4.78 is 0. The molecule has 0 atom stereocenters. The number of pyridine rings is 1. The molecule has 0 saturated heterocycles. The third-order valence-electron chi connectivity index (χ3n) is 3.16. The minimum atomic E-state index is -0.233. The van der Waals surface area contributed by atoms with Crippen LogP contribution < -0.4 is 5.32 Å². The van der Waals surface area contributed by atoms with Crippen molar-refractivity contribution in [2.45, 2.75) is 39.5 Å². The number of aromatic nitrogens is 3. The van der Waals surface area contributed by atoms with Crippen molar-refractivity contribution in [1.29, 1.82) is 0 Å². The SMILES string of the molecule is CCc1cn[nH]c1NC(=O)c1cc(Cl)nc(C(C)(C)C)c1. The van der Waals surface area contributed by atoms with Crippen LogP contribution in [0.1, 0.15) is 49.3 Å². The summed E-state index contributed by atoms with van der Waals surface area (Å²) in [5.41, 5.74) is 2.04. The molecule has 6 heteroatoms. The molecule has 0 bridgehead atoms. The highest BCUT2D eigenvalue weighted by Crippen LogP contribution is 2.24. The summed E-state index contributed by atoms with van der Waals surface area (Å²) in [6, 6.07) is 3.33. The van der Waals surface area contributed by atoms with Crippen LogP contribution in [0.3, 0.4) is 0 Å². The Labute approximate surface area is 129 Å². The molecule has 0 aliphatic heterocycles. The number of halogens is 1. The highest BCUT2D eigenvalue weighted by molar-refractivity contribution is 6.29. The van der Waals surface area contributed by atoms with E-state index in [0.29, 0.717) is 16.5 Å². The molecule has 0 aromatic carbocycles. The zero-order valence-corrected chi connectivity index (χ0v) is 13.4. The summed E-state index contributed by atoms with van der Waals surface area (Å²) in [5.74, 6) is 0.386. The maximum absolute atomic E-state index is 12.4. The average Bonchev–Trinajstić information content (AvgIpc) is 2.84. The highest BCUT2D eigenvalue weighted by Gasteiger charge is 2.19. The first-order valence-corrected chi connectivity index (χ1v) is 7.20. The van der Waals surface area contributed by atoms with Gasteiger partial charge < -0.3 is 5.32 Å². The number of hydrogen-bond acceptors (Lipinski definition) is 3. The van der Waals surface area contributed by atoms with Crippen LogP contribution in [0.5, 0.6) is 0 Å². The Morgan fingerprint density at radius 2 is 2.10 bits per heavy atom. The van der Waals surface area contributed by atoms with E-state index >= 15 is 0 Å². The Morgan fingerprint density at radius 3 is 2.71 bits per heavy atom. The van der Waals surface area contributed by atoms with E-state index in [1.165, 1.54) is 0 Å². The van der Waals surface area contributed by atoms with Gasteiger partial charge in [0.25, 0.3) is 5.91 Å². The molecule has 1 amide bonds. The van der Waals surface area contributed by atoms with Gasteiger partial charge in [0, 0.05) is 22.2 Å². The van der Waals surface area contributed by atoms with Gasteiger partial charge in [-0.15, -0.1) is 0 Å². The van der Waals surface area contributed by atoms with Crippen molar-refractivity contribution in [3.8, 4) is 0 Å². The molecule has 112 valence electrons. The fourth-order valence-electron chi connectivity index (χ4n) is 1.89. The number of nitrogens with one attached hydrogen (secondary N) is 2. The summed E-state index contributed by atoms with van der Waals surface area (Å²) in [6.45, 7) is 8.08. The third kappa shape index (κ3) is 3.61. The van der Waals surface area contributed by atoms with Crippen LogP contribution in [0.4, 0.5) is 5.82 Å². The van der Waals surface area contributed by atoms with Gasteiger partial charge in [-0.05, 0) is 18.6 Å². The maximum Gasteiger partial charge on any atom is 0.256 e. The number of hydrogen-bond donors (Lipinski definition) is 2. The second-order valence-corrected chi connectivity index (χ2v) is 6.28. The quantitative estimate of drug-likeness (QED) is 0.852. The van der Waals surface area contributed by atoms with E-state index < -0.39 is 0 Å². The van der Waals surface area contributed by atoms with Crippen molar-refractivity contribution < 1.29 is 4.79 Å². The van der Waals surface area contributed by atoms with Gasteiger partial charge in [0.1, 0.15) is 11.0 Å². The number of nitrogens with zero attached hydrogens (tertiary/aromatic N) is 2. The summed E-state index contributed by atoms with van der Waals surface area (Å²) in [6.07, 6.45) is 2.49. The van der Waals surface area contributed by atoms with Crippen LogP contribution in [-0.2, 0) is 11.8 Å². The number of aromatic amines is 1. The lowest BCUT2D eigenvalue weighted by molar-refractivity contribution is 0.102. The van der Waals surface area contributed by atoms with E-state index in [1.54, 1.807) is 18.3 Å². The van der Waals surface area contributed by atoms with Crippen LogP contribution in [-0.4, -0.2) is 21.1 Å². The molecule has 2 heterocycles. The molecule has 0 spiro atoms. The maximum atomic E-state index is 12.4. The molecule has 0 saturated carbocycles. The van der Waals surface area contributed by atoms with Gasteiger partial charge in [-0.2, -0.15) is 5.10 Å². The van der Waals surface area contributed by atoms with Crippen molar-refractivity contribution in [3.63, 3.8) is 0 Å². The molecule has 2 N–H and O–H groups in total. The summed E-state index contributed by atoms with van der Waals surface area (Å²) in [7, 11) is 0. The number of amides is 1. The first kappa shape index (κ1) is 15.5. The number of rotatable bonds is 3. The van der Waals surface area contributed by atoms with E-state index in [1.807, 2.05) is 27.7 Å². The lowest BCUT2D eigenvalue weighted by Gasteiger charge is -2.18. The minimum absolute atomic E-state index is 0.178. The molecular formula is C15H19ClN4O. The van der Waals surface area contributed by atoms with Crippen molar-refractivity contribution in [3.05, 3.63) is 40.3 Å². The van der Waals surface area contributed by atoms with E-state index in [0.717, 1.165) is 17.7 Å². The second-order valence-electron chi connectivity index (χ2n) is 5.89. The number of anilines is 1. The summed E-state index contributed by atoms with van der Waals surface area (Å²) >= 11 is 6.03. The third-order valence-corrected chi connectivity index (χ3v) is 3.36. The highest BCUT2D eigenvalue weighted by atomic mass is 35.5. The van der Waals surface area contributed by atoms with Crippen LogP contribution in [0, 0.1) is 0 Å². The molecule has 0 unspecified atom stereocenters. The molecule has 2 rings (SSSR count). The van der Waals surface area contributed by atoms with Crippen LogP contribution >= 0.6 is 11.6 Å². The zero-order valence-electron chi connectivity index (χ0n) is 12.6. The molecule has 2 aromatic heterocycles. The van der Waals surface area contributed by atoms with Gasteiger partial charge in [-0.25, -0.2) is 4.98 Å². The Morgan fingerprint density at radius 1 is 1.38 bits per heavy atom. The van der Waals surface area contributed by atoms with Gasteiger partial charge in [0.15, 0.2) is 0 Å². The molecule has 0 aliphatic rings. The smallest absolute Gasteiger partial charge is 0.256 e. The van der Waals surface area contributed by atoms with Gasteiger partial charge in [-0.3, -0.25) is 9.89 Å². The minimum Gasteiger partial charge on any atom is -0.307 e. The molecule has 0 fully saturated rings. The first-order valence-electron chi connectivity index (χ1n) is 6.83. The largest absolute Gasteiger partial charge is 0.307 e. The lowest BCUT2D eigenvalue weighted by Crippen LogP contribution is -2.18. The molecule has 0 radical (unpaired) electrons. The summed E-state index contributed by atoms with van der Waals surface area (Å²) in [5, 5.41) is 9.86. The van der Waals surface area contributed by atoms with Gasteiger partial charge in [-0.1, -0.05) is 39.3 Å². The Balaban J connectivity index is 2.29. The Kier molecular flexibility index (Phi) is 4.32. The number of H-pyrrole nitrogens is 1. The normalized spacial score (nSPS) is 11.5. The monoisotopic (exact) mass is 306 g/mol. The predicted octanol–water partition coefficient (Wildman–Crippen LogP) is 3.57. The molecule has 2 aromatic rings. The topological polar surface area (TPSA) is 70.7 Å². The van der Waals surface area contributed by atoms with Gasteiger partial charge >= 0.3 is 0 Å². The lowest BCUT2D eigenvalue weighted by atomic mass is 9.91. The van der Waals surface area contributed by atoms with E-state index in [2.05, 4.69) is 20.5 Å². The average molecular weight is 307 g/mol. The van der Waals surface area contributed by atoms with Crippen molar-refractivity contribution in [2.75, 3.05) is 5.32 Å². The van der Waals surface area contributed by atoms with Crippen LogP contribution in [0.25, 0.3) is 0 Å². The predicted molar refractivity (Wildman–Crippen MR) is 83.9 cm³/mol. The van der Waals surface area contributed by atoms with E-state index in [9.17, 15) is 4.79 Å². The molecule has 0 aliphatic carbocycles. The Bertz CT molecular complexity index is 658. The van der Waals surface area contributed by atoms with Gasteiger partial charge in [0.2, 0.25) is 0 Å². The van der Waals surface area contributed by atoms with Gasteiger partial charge in [0.05, 0.1) is 6.20 Å². The molecule has 21 heavy (non-hydrogen) atoms. The molecular weight excluding hydrogens is 288 g/mol.